The molecule has 272 valence electrons. The molecule has 1 aromatic carbocycles. The molecule has 13 heteroatoms. The van der Waals surface area contributed by atoms with Crippen LogP contribution in [0.4, 0.5) is 0 Å². The Labute approximate surface area is 291 Å². The summed E-state index contributed by atoms with van der Waals surface area (Å²) in [5.41, 5.74) is -2.72. The Morgan fingerprint density at radius 3 is 1.78 bits per heavy atom. The maximum Gasteiger partial charge on any atom is 0.338 e. The van der Waals surface area contributed by atoms with E-state index in [0.717, 1.165) is 34.6 Å². The number of ether oxygens (including phenoxy) is 6. The number of rotatable bonds is 7. The molecule has 0 aromatic heterocycles. The first kappa shape index (κ1) is 39.6. The second-order valence-corrected chi connectivity index (χ2v) is 13.5. The number of carbonyl (C=O) groups is 7. The van der Waals surface area contributed by atoms with Crippen LogP contribution >= 0.6 is 0 Å². The van der Waals surface area contributed by atoms with Crippen LogP contribution in [0.3, 0.4) is 0 Å². The SMILES string of the molecule is CC(=O)O[C@@H]1[C@@H](OC(C)=O)C(=O)/C(C)=C/[C@H]2[C@@H](OC(=O)c3ccccc3)[C@@H](C)[C@H](OC(C)=O)[C@]2(OC(C)=O)[C@H](OC(C)=O)/C(C)=C/CC1(C)C. The fraction of sp³-hybridized carbons (Fsp3) is 0.541. The summed E-state index contributed by atoms with van der Waals surface area (Å²) in [7, 11) is 0. The molecule has 0 saturated heterocycles. The molecule has 2 aliphatic rings. The highest BCUT2D eigenvalue weighted by atomic mass is 16.6. The van der Waals surface area contributed by atoms with Crippen molar-refractivity contribution < 1.29 is 62.0 Å². The third kappa shape index (κ3) is 8.67. The average Bonchev–Trinajstić information content (AvgIpc) is 3.21. The van der Waals surface area contributed by atoms with Crippen molar-refractivity contribution in [2.24, 2.45) is 17.3 Å². The van der Waals surface area contributed by atoms with Gasteiger partial charge in [0.2, 0.25) is 11.9 Å². The van der Waals surface area contributed by atoms with Crippen molar-refractivity contribution in [1.82, 2.24) is 0 Å². The van der Waals surface area contributed by atoms with Gasteiger partial charge in [-0.15, -0.1) is 0 Å². The molecule has 0 aliphatic heterocycles. The van der Waals surface area contributed by atoms with Crippen LogP contribution in [0, 0.1) is 17.3 Å². The first-order valence-electron chi connectivity index (χ1n) is 16.3. The van der Waals surface area contributed by atoms with Gasteiger partial charge in [0.15, 0.2) is 23.9 Å². The van der Waals surface area contributed by atoms with Crippen molar-refractivity contribution in [2.45, 2.75) is 112 Å². The van der Waals surface area contributed by atoms with Gasteiger partial charge in [-0.25, -0.2) is 4.79 Å². The summed E-state index contributed by atoms with van der Waals surface area (Å²) in [6, 6.07) is 8.06. The van der Waals surface area contributed by atoms with E-state index in [0.29, 0.717) is 5.57 Å². The standard InChI is InChI=1S/C37H46O13/c1-19-16-17-36(9,10)34(48-25(7)41)31(45-22(4)38)29(43)20(2)18-28-30(49-35(44)27-14-12-11-13-15-27)21(3)33(47-24(6)40)37(28,50-26(8)42)32(19)46-23(5)39/h11-16,18,21,28,30-34H,17H2,1-10H3/b19-16+,20-18+/t21-,28+,30+,31+,32-,33+,34-,37-/m1/s1. The summed E-state index contributed by atoms with van der Waals surface area (Å²) in [4.78, 5) is 91.3. The molecule has 0 spiro atoms. The van der Waals surface area contributed by atoms with E-state index in [4.69, 9.17) is 28.4 Å². The molecule has 0 heterocycles. The summed E-state index contributed by atoms with van der Waals surface area (Å²) in [5, 5.41) is 0. The first-order valence-corrected chi connectivity index (χ1v) is 16.3. The molecular weight excluding hydrogens is 652 g/mol. The second kappa shape index (κ2) is 15.8. The zero-order valence-electron chi connectivity index (χ0n) is 30.1. The molecule has 1 saturated carbocycles. The van der Waals surface area contributed by atoms with E-state index in [-0.39, 0.29) is 17.6 Å². The van der Waals surface area contributed by atoms with E-state index in [2.05, 4.69) is 0 Å². The second-order valence-electron chi connectivity index (χ2n) is 13.5. The molecular formula is C37H46O13. The molecule has 1 fully saturated rings. The molecule has 8 atom stereocenters. The highest BCUT2D eigenvalue weighted by Gasteiger charge is 2.69. The Morgan fingerprint density at radius 1 is 0.720 bits per heavy atom. The van der Waals surface area contributed by atoms with Crippen LogP contribution in [-0.2, 0) is 57.2 Å². The van der Waals surface area contributed by atoms with Gasteiger partial charge in [-0.2, -0.15) is 0 Å². The summed E-state index contributed by atoms with van der Waals surface area (Å²) < 4.78 is 35.3. The van der Waals surface area contributed by atoms with Gasteiger partial charge < -0.3 is 28.4 Å². The number of Topliss-reactive ketones (excluding diaryl/α,β-unsaturated/α-hetero) is 1. The molecule has 0 amide bonds. The van der Waals surface area contributed by atoms with Crippen molar-refractivity contribution in [3.8, 4) is 0 Å². The van der Waals surface area contributed by atoms with Crippen LogP contribution < -0.4 is 0 Å². The van der Waals surface area contributed by atoms with Crippen LogP contribution in [0.15, 0.2) is 53.6 Å². The van der Waals surface area contributed by atoms with Gasteiger partial charge in [0.05, 0.1) is 11.5 Å². The molecule has 0 unspecified atom stereocenters. The van der Waals surface area contributed by atoms with Crippen LogP contribution in [0.2, 0.25) is 0 Å². The lowest BCUT2D eigenvalue weighted by Crippen LogP contribution is -2.60. The summed E-state index contributed by atoms with van der Waals surface area (Å²) in [5.74, 6) is -7.70. The van der Waals surface area contributed by atoms with Gasteiger partial charge in [-0.05, 0) is 43.5 Å². The lowest BCUT2D eigenvalue weighted by atomic mass is 9.74. The monoisotopic (exact) mass is 698 g/mol. The Morgan fingerprint density at radius 2 is 1.26 bits per heavy atom. The highest BCUT2D eigenvalue weighted by Crippen LogP contribution is 2.52. The van der Waals surface area contributed by atoms with Crippen molar-refractivity contribution in [3.05, 3.63) is 59.2 Å². The van der Waals surface area contributed by atoms with Crippen LogP contribution in [0.25, 0.3) is 0 Å². The maximum atomic E-state index is 14.4. The normalized spacial score (nSPS) is 31.4. The zero-order valence-corrected chi connectivity index (χ0v) is 30.1. The van der Waals surface area contributed by atoms with Gasteiger partial charge in [0, 0.05) is 46.0 Å². The van der Waals surface area contributed by atoms with Gasteiger partial charge in [-0.1, -0.05) is 51.1 Å². The number of benzene rings is 1. The number of carbonyl (C=O) groups excluding carboxylic acids is 7. The zero-order chi connectivity index (χ0) is 37.7. The Kier molecular flexibility index (Phi) is 12.5. The van der Waals surface area contributed by atoms with Crippen molar-refractivity contribution in [2.75, 3.05) is 0 Å². The first-order chi connectivity index (χ1) is 23.2. The third-order valence-electron chi connectivity index (χ3n) is 8.95. The number of hydrogen-bond donors (Lipinski definition) is 0. The number of hydrogen-bond acceptors (Lipinski definition) is 13. The Balaban J connectivity index is 2.49. The number of ketones is 1. The van der Waals surface area contributed by atoms with Gasteiger partial charge in [0.1, 0.15) is 6.10 Å². The topological polar surface area (TPSA) is 175 Å². The third-order valence-corrected chi connectivity index (χ3v) is 8.95. The largest absolute Gasteiger partial charge is 0.458 e. The molecule has 0 N–H and O–H groups in total. The molecule has 2 aliphatic carbocycles. The van der Waals surface area contributed by atoms with E-state index in [1.807, 2.05) is 0 Å². The van der Waals surface area contributed by atoms with Crippen molar-refractivity contribution >= 4 is 41.6 Å². The quantitative estimate of drug-likeness (QED) is 0.223. The van der Waals surface area contributed by atoms with E-state index in [9.17, 15) is 33.6 Å². The van der Waals surface area contributed by atoms with E-state index < -0.39 is 95.0 Å². The molecule has 50 heavy (non-hydrogen) atoms. The van der Waals surface area contributed by atoms with Crippen molar-refractivity contribution in [1.29, 1.82) is 0 Å². The lowest BCUT2D eigenvalue weighted by Gasteiger charge is -2.44. The van der Waals surface area contributed by atoms with E-state index in [1.165, 1.54) is 25.1 Å². The van der Waals surface area contributed by atoms with E-state index >= 15 is 0 Å². The fourth-order valence-electron chi connectivity index (χ4n) is 6.83. The fourth-order valence-corrected chi connectivity index (χ4v) is 6.83. The van der Waals surface area contributed by atoms with Gasteiger partial charge in [-0.3, -0.25) is 28.8 Å². The number of allylic oxidation sites excluding steroid dienone is 1. The number of fused-ring (bicyclic) bond motifs is 1. The lowest BCUT2D eigenvalue weighted by molar-refractivity contribution is -0.210. The van der Waals surface area contributed by atoms with Gasteiger partial charge in [0.25, 0.3) is 0 Å². The minimum absolute atomic E-state index is 0.0589. The van der Waals surface area contributed by atoms with Crippen molar-refractivity contribution in [3.63, 3.8) is 0 Å². The van der Waals surface area contributed by atoms with Crippen LogP contribution in [0.1, 0.15) is 86.0 Å². The number of esters is 6. The van der Waals surface area contributed by atoms with Crippen LogP contribution in [-0.4, -0.2) is 77.7 Å². The van der Waals surface area contributed by atoms with E-state index in [1.54, 1.807) is 52.0 Å². The average molecular weight is 699 g/mol. The Bertz CT molecular complexity index is 1570. The predicted octanol–water partition coefficient (Wildman–Crippen LogP) is 4.40. The van der Waals surface area contributed by atoms with Crippen LogP contribution in [0.5, 0.6) is 0 Å². The predicted molar refractivity (Wildman–Crippen MR) is 176 cm³/mol. The van der Waals surface area contributed by atoms with Gasteiger partial charge >= 0.3 is 35.8 Å². The molecule has 13 nitrogen and oxygen atoms in total. The summed E-state index contributed by atoms with van der Waals surface area (Å²) >= 11 is 0. The summed E-state index contributed by atoms with van der Waals surface area (Å²) in [6.07, 6.45) is -3.91. The molecule has 1 aromatic rings. The minimum Gasteiger partial charge on any atom is -0.458 e. The smallest absolute Gasteiger partial charge is 0.338 e. The molecule has 0 bridgehead atoms. The minimum atomic E-state index is -2.10. The maximum absolute atomic E-state index is 14.4. The Hall–Kier alpha value is -4.81. The highest BCUT2D eigenvalue weighted by molar-refractivity contribution is 6.00. The summed E-state index contributed by atoms with van der Waals surface area (Å²) in [6.45, 7) is 13.7. The molecule has 0 radical (unpaired) electrons. The molecule has 3 rings (SSSR count).